The van der Waals surface area contributed by atoms with E-state index in [4.69, 9.17) is 0 Å². The van der Waals surface area contributed by atoms with Crippen LogP contribution in [0.1, 0.15) is 11.1 Å². The molecule has 0 amide bonds. The maximum Gasteiger partial charge on any atom is 0.225 e. The van der Waals surface area contributed by atoms with Gasteiger partial charge in [-0.25, -0.2) is 0 Å². The van der Waals surface area contributed by atoms with Crippen molar-refractivity contribution < 1.29 is 4.79 Å². The molecule has 0 heterocycles. The average molecular weight is 145 g/mol. The van der Waals surface area contributed by atoms with Crippen molar-refractivity contribution >= 4 is 12.4 Å². The molecule has 0 aromatic heterocycles. The molecule has 0 saturated carbocycles. The molecule has 0 aliphatic carbocycles. The lowest BCUT2D eigenvalue weighted by atomic mass is 10.1. The second kappa shape index (κ2) is 3.71. The average Bonchev–Trinajstić information content (AvgIpc) is 2.01. The zero-order valence-corrected chi connectivity index (χ0v) is 6.37. The van der Waals surface area contributed by atoms with Crippen LogP contribution in [-0.2, 0) is 4.79 Å². The van der Waals surface area contributed by atoms with E-state index < -0.39 is 0 Å². The highest BCUT2D eigenvalue weighted by atomic mass is 16.1. The van der Waals surface area contributed by atoms with Crippen LogP contribution >= 0.6 is 0 Å². The van der Waals surface area contributed by atoms with Crippen molar-refractivity contribution in [3.8, 4) is 0 Å². The van der Waals surface area contributed by atoms with Crippen molar-refractivity contribution in [2.75, 3.05) is 0 Å². The van der Waals surface area contributed by atoms with Gasteiger partial charge in [-0.1, -0.05) is 35.9 Å². The van der Waals surface area contributed by atoms with Gasteiger partial charge < -0.3 is 0 Å². The molecule has 0 unspecified atom stereocenters. The summed E-state index contributed by atoms with van der Waals surface area (Å²) in [7, 11) is 0. The Hall–Kier alpha value is -1.37. The predicted octanol–water partition coefficient (Wildman–Crippen LogP) is 2.12. The lowest BCUT2D eigenvalue weighted by molar-refractivity contribution is 0.564. The number of hydrogen-bond acceptors (Lipinski definition) is 1. The summed E-state index contributed by atoms with van der Waals surface area (Å²) in [5.74, 6) is 0. The Morgan fingerprint density at radius 3 is 2.91 bits per heavy atom. The van der Waals surface area contributed by atoms with Gasteiger partial charge in [-0.15, -0.1) is 0 Å². The lowest BCUT2D eigenvalue weighted by Crippen LogP contribution is -1.74. The molecule has 0 bridgehead atoms. The number of hydrogen-bond donors (Lipinski definition) is 0. The minimum atomic E-state index is 1.04. The predicted molar refractivity (Wildman–Crippen MR) is 45.9 cm³/mol. The zero-order valence-electron chi connectivity index (χ0n) is 6.37. The number of carbonyl (C=O) groups excluding carboxylic acids is 1. The Kier molecular flexibility index (Phi) is 2.61. The third-order valence-corrected chi connectivity index (χ3v) is 1.39. The molecule has 1 rings (SSSR count). The minimum absolute atomic E-state index is 1.04. The molecule has 0 spiro atoms. The molecule has 0 aliphatic rings. The van der Waals surface area contributed by atoms with Crippen LogP contribution in [0, 0.1) is 6.92 Å². The first-order valence-electron chi connectivity index (χ1n) is 3.44. The van der Waals surface area contributed by atoms with Gasteiger partial charge in [0.15, 0.2) is 0 Å². The van der Waals surface area contributed by atoms with Crippen molar-refractivity contribution in [2.45, 2.75) is 6.92 Å². The molecule has 1 nitrogen and oxygen atoms in total. The molecule has 1 aromatic carbocycles. The fourth-order valence-electron chi connectivity index (χ4n) is 0.904. The minimum Gasteiger partial charge on any atom is -0.286 e. The van der Waals surface area contributed by atoms with Gasteiger partial charge >= 0.3 is 0 Å². The largest absolute Gasteiger partial charge is 0.286 e. The van der Waals surface area contributed by atoms with Gasteiger partial charge in [0.25, 0.3) is 0 Å². The van der Waals surface area contributed by atoms with E-state index in [0.29, 0.717) is 0 Å². The Labute approximate surface area is 66.4 Å². The molecule has 0 atom stereocenters. The summed E-state index contributed by atoms with van der Waals surface area (Å²) in [6.07, 6.45) is 4.81. The molecule has 11 heavy (non-hydrogen) atoms. The number of benzene rings is 1. The molecular weight excluding hydrogens is 136 g/mol. The van der Waals surface area contributed by atoms with Crippen LogP contribution in [0.2, 0.25) is 0 Å². The zero-order chi connectivity index (χ0) is 8.10. The van der Waals surface area contributed by atoms with Crippen LogP contribution < -0.4 is 0 Å². The maximum atomic E-state index is 9.85. The summed E-state index contributed by atoms with van der Waals surface area (Å²) in [4.78, 5) is 9.85. The van der Waals surface area contributed by atoms with Gasteiger partial charge in [0.2, 0.25) is 6.29 Å². The number of allylic oxidation sites excluding steroid dienone is 1. The summed E-state index contributed by atoms with van der Waals surface area (Å²) in [6, 6.07) is 7.93. The Bertz CT molecular complexity index is 274. The molecule has 1 radical (unpaired) electrons. The number of rotatable bonds is 2. The molecule has 0 fully saturated rings. The Morgan fingerprint density at radius 1 is 1.45 bits per heavy atom. The molecular formula is C10H9O. The van der Waals surface area contributed by atoms with Crippen molar-refractivity contribution in [2.24, 2.45) is 0 Å². The smallest absolute Gasteiger partial charge is 0.225 e. The van der Waals surface area contributed by atoms with Gasteiger partial charge in [-0.2, -0.15) is 0 Å². The molecule has 0 N–H and O–H groups in total. The van der Waals surface area contributed by atoms with Crippen LogP contribution in [0.3, 0.4) is 0 Å². The first kappa shape index (κ1) is 7.73. The van der Waals surface area contributed by atoms with Gasteiger partial charge in [0.1, 0.15) is 0 Å². The van der Waals surface area contributed by atoms with Gasteiger partial charge in [-0.05, 0) is 18.6 Å². The third-order valence-electron chi connectivity index (χ3n) is 1.39. The SMILES string of the molecule is Cc1cccc(/C=C/[C]=O)c1. The molecule has 1 heteroatoms. The van der Waals surface area contributed by atoms with Crippen molar-refractivity contribution in [3.63, 3.8) is 0 Å². The van der Waals surface area contributed by atoms with E-state index >= 15 is 0 Å². The summed E-state index contributed by atoms with van der Waals surface area (Å²) in [5.41, 5.74) is 2.23. The summed E-state index contributed by atoms with van der Waals surface area (Å²) < 4.78 is 0. The second-order valence-corrected chi connectivity index (χ2v) is 2.37. The van der Waals surface area contributed by atoms with Crippen molar-refractivity contribution in [3.05, 3.63) is 41.5 Å². The van der Waals surface area contributed by atoms with E-state index in [1.807, 2.05) is 31.2 Å². The lowest BCUT2D eigenvalue weighted by Gasteiger charge is -1.92. The summed E-state index contributed by atoms with van der Waals surface area (Å²) in [6.45, 7) is 2.02. The molecule has 55 valence electrons. The van der Waals surface area contributed by atoms with Crippen LogP contribution in [-0.4, -0.2) is 6.29 Å². The highest BCUT2D eigenvalue weighted by molar-refractivity contribution is 5.74. The molecule has 0 saturated heterocycles. The fraction of sp³-hybridized carbons (Fsp3) is 0.100. The van der Waals surface area contributed by atoms with Gasteiger partial charge in [0.05, 0.1) is 0 Å². The standard InChI is InChI=1S/C10H9O/c1-9-4-2-5-10(8-9)6-3-7-11/h2-6,8H,1H3/b6-3+. The van der Waals surface area contributed by atoms with Crippen LogP contribution in [0.5, 0.6) is 0 Å². The van der Waals surface area contributed by atoms with Gasteiger partial charge in [0, 0.05) is 0 Å². The molecule has 1 aromatic rings. The maximum absolute atomic E-state index is 9.85. The first-order valence-corrected chi connectivity index (χ1v) is 3.44. The monoisotopic (exact) mass is 145 g/mol. The second-order valence-electron chi connectivity index (χ2n) is 2.37. The van der Waals surface area contributed by atoms with Crippen molar-refractivity contribution in [1.29, 1.82) is 0 Å². The van der Waals surface area contributed by atoms with E-state index in [2.05, 4.69) is 0 Å². The van der Waals surface area contributed by atoms with Crippen LogP contribution in [0.25, 0.3) is 6.08 Å². The first-order chi connectivity index (χ1) is 5.33. The van der Waals surface area contributed by atoms with E-state index in [-0.39, 0.29) is 0 Å². The quantitative estimate of drug-likeness (QED) is 0.582. The Balaban J connectivity index is 2.87. The Morgan fingerprint density at radius 2 is 2.27 bits per heavy atom. The van der Waals surface area contributed by atoms with E-state index in [9.17, 15) is 4.79 Å². The highest BCUT2D eigenvalue weighted by Gasteiger charge is 1.85. The van der Waals surface area contributed by atoms with Crippen molar-refractivity contribution in [1.82, 2.24) is 0 Å². The van der Waals surface area contributed by atoms with Gasteiger partial charge in [-0.3, -0.25) is 4.79 Å². The van der Waals surface area contributed by atoms with Crippen LogP contribution in [0.4, 0.5) is 0 Å². The topological polar surface area (TPSA) is 17.1 Å². The number of aryl methyl sites for hydroxylation is 1. The molecule has 0 aliphatic heterocycles. The van der Waals surface area contributed by atoms with E-state index in [0.717, 1.165) is 5.56 Å². The van der Waals surface area contributed by atoms with E-state index in [1.54, 1.807) is 12.4 Å². The normalized spacial score (nSPS) is 10.3. The highest BCUT2D eigenvalue weighted by Crippen LogP contribution is 2.04. The third kappa shape index (κ3) is 2.38. The summed E-state index contributed by atoms with van der Waals surface area (Å²) in [5, 5.41) is 0. The fourth-order valence-corrected chi connectivity index (χ4v) is 0.904. The van der Waals surface area contributed by atoms with E-state index in [1.165, 1.54) is 11.6 Å². The van der Waals surface area contributed by atoms with Crippen LogP contribution in [0.15, 0.2) is 30.3 Å². The summed E-state index contributed by atoms with van der Waals surface area (Å²) >= 11 is 0.